The molecule has 0 spiro atoms. The van der Waals surface area contributed by atoms with E-state index in [0.717, 1.165) is 17.7 Å². The molecule has 2 rings (SSSR count). The van der Waals surface area contributed by atoms with E-state index >= 15 is 0 Å². The average molecular weight is 275 g/mol. The van der Waals surface area contributed by atoms with Crippen molar-refractivity contribution in [1.29, 1.82) is 0 Å². The van der Waals surface area contributed by atoms with Gasteiger partial charge in [-0.25, -0.2) is 0 Å². The Bertz CT molecular complexity index is 481. The van der Waals surface area contributed by atoms with Gasteiger partial charge in [-0.1, -0.05) is 31.2 Å². The summed E-state index contributed by atoms with van der Waals surface area (Å²) in [5.74, 6) is 0.132. The second-order valence-electron chi connectivity index (χ2n) is 4.56. The van der Waals surface area contributed by atoms with Crippen molar-refractivity contribution in [2.45, 2.75) is 25.1 Å². The SMILES string of the molecule is CCc1ccc(CC(C(=O)C=O)C2N=CCS2)cc1. The molecule has 1 aliphatic rings. The molecule has 2 unspecified atom stereocenters. The van der Waals surface area contributed by atoms with Gasteiger partial charge in [-0.05, 0) is 24.0 Å². The van der Waals surface area contributed by atoms with E-state index in [-0.39, 0.29) is 17.1 Å². The molecule has 3 nitrogen and oxygen atoms in total. The van der Waals surface area contributed by atoms with Gasteiger partial charge < -0.3 is 0 Å². The van der Waals surface area contributed by atoms with Gasteiger partial charge in [0.15, 0.2) is 6.29 Å². The molecule has 1 aromatic carbocycles. The van der Waals surface area contributed by atoms with E-state index in [1.165, 1.54) is 5.56 Å². The predicted octanol–water partition coefficient (Wildman–Crippen LogP) is 2.32. The van der Waals surface area contributed by atoms with Crippen molar-refractivity contribution < 1.29 is 9.59 Å². The minimum absolute atomic E-state index is 0.108. The zero-order valence-electron chi connectivity index (χ0n) is 10.9. The van der Waals surface area contributed by atoms with Crippen molar-refractivity contribution >= 4 is 30.0 Å². The molecule has 0 N–H and O–H groups in total. The lowest BCUT2D eigenvalue weighted by Crippen LogP contribution is -2.26. The van der Waals surface area contributed by atoms with Crippen LogP contribution in [0.5, 0.6) is 0 Å². The van der Waals surface area contributed by atoms with Gasteiger partial charge in [0.25, 0.3) is 0 Å². The number of nitrogens with zero attached hydrogens (tertiary/aromatic N) is 1. The van der Waals surface area contributed by atoms with Crippen LogP contribution in [0.25, 0.3) is 0 Å². The first-order valence-electron chi connectivity index (χ1n) is 6.44. The number of benzene rings is 1. The van der Waals surface area contributed by atoms with Crippen molar-refractivity contribution in [3.8, 4) is 0 Å². The fourth-order valence-electron chi connectivity index (χ4n) is 2.15. The number of Topliss-reactive ketones (excluding diaryl/α,β-unsaturated/α-hetero) is 1. The Morgan fingerprint density at radius 1 is 1.42 bits per heavy atom. The van der Waals surface area contributed by atoms with E-state index in [4.69, 9.17) is 0 Å². The molecular formula is C15H17NO2S. The molecule has 19 heavy (non-hydrogen) atoms. The molecular weight excluding hydrogens is 258 g/mol. The van der Waals surface area contributed by atoms with Gasteiger partial charge in [0.05, 0.1) is 5.92 Å². The second kappa shape index (κ2) is 6.66. The summed E-state index contributed by atoms with van der Waals surface area (Å²) in [4.78, 5) is 26.8. The fourth-order valence-corrected chi connectivity index (χ4v) is 3.15. The molecule has 0 saturated heterocycles. The summed E-state index contributed by atoms with van der Waals surface area (Å²) >= 11 is 1.62. The van der Waals surface area contributed by atoms with E-state index in [9.17, 15) is 9.59 Å². The van der Waals surface area contributed by atoms with E-state index < -0.39 is 0 Å². The van der Waals surface area contributed by atoms with E-state index in [2.05, 4.69) is 24.0 Å². The number of thioether (sulfide) groups is 1. The Hall–Kier alpha value is -1.42. The number of aldehydes is 1. The molecule has 0 radical (unpaired) electrons. The lowest BCUT2D eigenvalue weighted by molar-refractivity contribution is -0.132. The van der Waals surface area contributed by atoms with Crippen LogP contribution in [-0.4, -0.2) is 29.4 Å². The number of aryl methyl sites for hydroxylation is 1. The van der Waals surface area contributed by atoms with Crippen LogP contribution in [0, 0.1) is 5.92 Å². The number of aliphatic imine (C=N–C) groups is 1. The smallest absolute Gasteiger partial charge is 0.201 e. The number of ketones is 1. The summed E-state index contributed by atoms with van der Waals surface area (Å²) in [5.41, 5.74) is 2.36. The zero-order chi connectivity index (χ0) is 13.7. The molecule has 2 atom stereocenters. The van der Waals surface area contributed by atoms with Crippen molar-refractivity contribution in [2.24, 2.45) is 10.9 Å². The first-order chi connectivity index (χ1) is 9.24. The monoisotopic (exact) mass is 275 g/mol. The number of carbonyl (C=O) groups is 2. The first-order valence-corrected chi connectivity index (χ1v) is 7.49. The quantitative estimate of drug-likeness (QED) is 0.591. The van der Waals surface area contributed by atoms with E-state index in [1.807, 2.05) is 18.3 Å². The normalized spacial score (nSPS) is 19.3. The molecule has 0 fully saturated rings. The summed E-state index contributed by atoms with van der Waals surface area (Å²) in [6.07, 6.45) is 3.83. The lowest BCUT2D eigenvalue weighted by atomic mass is 9.94. The van der Waals surface area contributed by atoms with Crippen LogP contribution in [-0.2, 0) is 22.4 Å². The molecule has 1 heterocycles. The third kappa shape index (κ3) is 3.53. The molecule has 0 aliphatic carbocycles. The molecule has 0 saturated carbocycles. The summed E-state index contributed by atoms with van der Waals surface area (Å²) < 4.78 is 0. The van der Waals surface area contributed by atoms with Crippen molar-refractivity contribution in [3.63, 3.8) is 0 Å². The zero-order valence-corrected chi connectivity index (χ0v) is 11.7. The van der Waals surface area contributed by atoms with Crippen molar-refractivity contribution in [2.75, 3.05) is 5.75 Å². The highest BCUT2D eigenvalue weighted by molar-refractivity contribution is 8.00. The number of hydrogen-bond acceptors (Lipinski definition) is 4. The topological polar surface area (TPSA) is 46.5 Å². The Morgan fingerprint density at radius 3 is 2.63 bits per heavy atom. The summed E-state index contributed by atoms with van der Waals surface area (Å²) in [7, 11) is 0. The Balaban J connectivity index is 2.12. The maximum absolute atomic E-state index is 11.8. The predicted molar refractivity (Wildman–Crippen MR) is 78.8 cm³/mol. The minimum Gasteiger partial charge on any atom is -0.295 e. The van der Waals surface area contributed by atoms with E-state index in [1.54, 1.807) is 11.8 Å². The molecule has 1 aromatic rings. The third-order valence-corrected chi connectivity index (χ3v) is 4.44. The molecule has 0 aromatic heterocycles. The Kier molecular flexibility index (Phi) is 4.91. The van der Waals surface area contributed by atoms with Gasteiger partial charge in [-0.15, -0.1) is 11.8 Å². The first kappa shape index (κ1) is 14.0. The number of rotatable bonds is 6. The van der Waals surface area contributed by atoms with Gasteiger partial charge in [-0.3, -0.25) is 14.6 Å². The van der Waals surface area contributed by atoms with Crippen LogP contribution in [0.1, 0.15) is 18.1 Å². The minimum atomic E-state index is -0.351. The van der Waals surface area contributed by atoms with Crippen molar-refractivity contribution in [3.05, 3.63) is 35.4 Å². The summed E-state index contributed by atoms with van der Waals surface area (Å²) in [6.45, 7) is 2.11. The maximum Gasteiger partial charge on any atom is 0.201 e. The van der Waals surface area contributed by atoms with Crippen LogP contribution < -0.4 is 0 Å². The Labute approximate surface area is 117 Å². The van der Waals surface area contributed by atoms with Gasteiger partial charge >= 0.3 is 0 Å². The van der Waals surface area contributed by atoms with Crippen LogP contribution in [0.4, 0.5) is 0 Å². The molecule has 100 valence electrons. The molecule has 4 heteroatoms. The van der Waals surface area contributed by atoms with Gasteiger partial charge in [0.2, 0.25) is 5.78 Å². The summed E-state index contributed by atoms with van der Waals surface area (Å²) in [6, 6.07) is 8.21. The van der Waals surface area contributed by atoms with E-state index in [0.29, 0.717) is 12.7 Å². The highest BCUT2D eigenvalue weighted by Crippen LogP contribution is 2.28. The van der Waals surface area contributed by atoms with Gasteiger partial charge in [0, 0.05) is 12.0 Å². The number of carbonyl (C=O) groups excluding carboxylic acids is 2. The largest absolute Gasteiger partial charge is 0.295 e. The van der Waals surface area contributed by atoms with Crippen LogP contribution >= 0.6 is 11.8 Å². The molecule has 0 amide bonds. The lowest BCUT2D eigenvalue weighted by Gasteiger charge is -2.17. The second-order valence-corrected chi connectivity index (χ2v) is 5.71. The molecule has 1 aliphatic heterocycles. The third-order valence-electron chi connectivity index (χ3n) is 3.31. The summed E-state index contributed by atoms with van der Waals surface area (Å²) in [5, 5.41) is -0.108. The Morgan fingerprint density at radius 2 is 2.11 bits per heavy atom. The van der Waals surface area contributed by atoms with Crippen LogP contribution in [0.2, 0.25) is 0 Å². The highest BCUT2D eigenvalue weighted by Gasteiger charge is 2.29. The average Bonchev–Trinajstić information content (AvgIpc) is 2.98. The van der Waals surface area contributed by atoms with Crippen molar-refractivity contribution in [1.82, 2.24) is 0 Å². The van der Waals surface area contributed by atoms with Gasteiger partial charge in [0.1, 0.15) is 5.37 Å². The van der Waals surface area contributed by atoms with Gasteiger partial charge in [-0.2, -0.15) is 0 Å². The standard InChI is InChI=1S/C15H17NO2S/c1-2-11-3-5-12(6-4-11)9-13(14(18)10-17)15-16-7-8-19-15/h3-7,10,13,15H,2,8-9H2,1H3. The maximum atomic E-state index is 11.8. The number of hydrogen-bond donors (Lipinski definition) is 0. The highest BCUT2D eigenvalue weighted by atomic mass is 32.2. The molecule has 0 bridgehead atoms. The van der Waals surface area contributed by atoms with Crippen LogP contribution in [0.15, 0.2) is 29.3 Å². The van der Waals surface area contributed by atoms with Crippen LogP contribution in [0.3, 0.4) is 0 Å². The fraction of sp³-hybridized carbons (Fsp3) is 0.400.